The number of nitro groups is 1. The Hall–Kier alpha value is -2.31. The maximum atomic E-state index is 11.8. The van der Waals surface area contributed by atoms with Gasteiger partial charge in [-0.2, -0.15) is 0 Å². The van der Waals surface area contributed by atoms with E-state index >= 15 is 0 Å². The van der Waals surface area contributed by atoms with Gasteiger partial charge in [-0.1, -0.05) is 27.7 Å². The molecule has 0 fully saturated rings. The zero-order chi connectivity index (χ0) is 22.4. The van der Waals surface area contributed by atoms with Gasteiger partial charge in [-0.3, -0.25) is 14.9 Å². The quantitative estimate of drug-likeness (QED) is 0.227. The Bertz CT molecular complexity index is 715. The molecule has 164 valence electrons. The van der Waals surface area contributed by atoms with Crippen LogP contribution in [0.25, 0.3) is 0 Å². The van der Waals surface area contributed by atoms with Gasteiger partial charge in [0.1, 0.15) is 5.60 Å². The minimum Gasteiger partial charge on any atom is -0.493 e. The number of rotatable bonds is 9. The molecule has 0 aliphatic rings. The molecule has 7 nitrogen and oxygen atoms in total. The largest absolute Gasteiger partial charge is 0.493 e. The fourth-order valence-corrected chi connectivity index (χ4v) is 3.21. The number of esters is 1. The van der Waals surface area contributed by atoms with Crippen molar-refractivity contribution in [3.63, 3.8) is 0 Å². The third kappa shape index (κ3) is 8.71. The Morgan fingerprint density at radius 1 is 1.14 bits per heavy atom. The fraction of sp³-hybridized carbons (Fsp3) is 0.682. The SMILES string of the molecule is COc1cc(C(C)CC(C)(C)C)c([N+](=O)[O-])cc1OCCCC(=O)OC(C)(C)C. The number of carbonyl (C=O) groups excluding carboxylic acids is 1. The van der Waals surface area contributed by atoms with E-state index in [0.717, 1.165) is 6.42 Å². The first-order chi connectivity index (χ1) is 13.2. The summed E-state index contributed by atoms with van der Waals surface area (Å²) >= 11 is 0. The van der Waals surface area contributed by atoms with Crippen LogP contribution in [0.2, 0.25) is 0 Å². The van der Waals surface area contributed by atoms with Gasteiger partial charge in [-0.05, 0) is 51.0 Å². The molecule has 7 heteroatoms. The lowest BCUT2D eigenvalue weighted by Crippen LogP contribution is -2.24. The summed E-state index contributed by atoms with van der Waals surface area (Å²) in [5.41, 5.74) is 0.159. The van der Waals surface area contributed by atoms with Crippen LogP contribution in [0.3, 0.4) is 0 Å². The van der Waals surface area contributed by atoms with Crippen molar-refractivity contribution in [3.8, 4) is 11.5 Å². The molecule has 0 bridgehead atoms. The normalized spacial score (nSPS) is 13.0. The molecular formula is C22H35NO6. The molecule has 0 saturated carbocycles. The highest BCUT2D eigenvalue weighted by molar-refractivity contribution is 5.69. The summed E-state index contributed by atoms with van der Waals surface area (Å²) in [6.07, 6.45) is 1.45. The Morgan fingerprint density at radius 3 is 2.24 bits per heavy atom. The Labute approximate surface area is 173 Å². The molecule has 0 spiro atoms. The highest BCUT2D eigenvalue weighted by Crippen LogP contribution is 2.41. The van der Waals surface area contributed by atoms with Gasteiger partial charge in [0.2, 0.25) is 0 Å². The number of nitro benzene ring substituents is 1. The van der Waals surface area contributed by atoms with Crippen LogP contribution >= 0.6 is 0 Å². The van der Waals surface area contributed by atoms with Crippen LogP contribution in [0.1, 0.15) is 79.2 Å². The monoisotopic (exact) mass is 409 g/mol. The van der Waals surface area contributed by atoms with Gasteiger partial charge in [-0.25, -0.2) is 0 Å². The molecule has 0 radical (unpaired) electrons. The first kappa shape index (κ1) is 24.7. The predicted octanol–water partition coefficient (Wildman–Crippen LogP) is 5.64. The first-order valence-electron chi connectivity index (χ1n) is 9.94. The van der Waals surface area contributed by atoms with Gasteiger partial charge in [0.25, 0.3) is 5.69 Å². The van der Waals surface area contributed by atoms with E-state index in [1.807, 2.05) is 27.7 Å². The molecule has 1 atom stereocenters. The van der Waals surface area contributed by atoms with Crippen LogP contribution in [0, 0.1) is 15.5 Å². The van der Waals surface area contributed by atoms with E-state index in [-0.39, 0.29) is 40.9 Å². The summed E-state index contributed by atoms with van der Waals surface area (Å²) in [5.74, 6) is 0.439. The van der Waals surface area contributed by atoms with Gasteiger partial charge in [0.05, 0.1) is 24.7 Å². The summed E-state index contributed by atoms with van der Waals surface area (Å²) in [4.78, 5) is 23.0. The van der Waals surface area contributed by atoms with Crippen LogP contribution in [-0.2, 0) is 9.53 Å². The van der Waals surface area contributed by atoms with Crippen molar-refractivity contribution < 1.29 is 23.9 Å². The Balaban J connectivity index is 2.92. The standard InChI is InChI=1S/C22H35NO6/c1-15(14-21(2,3)4)16-12-18(27-8)19(13-17(16)23(25)26)28-11-9-10-20(24)29-22(5,6)7/h12-13,15H,9-11,14H2,1-8H3. The second-order valence-electron chi connectivity index (χ2n) is 9.52. The van der Waals surface area contributed by atoms with E-state index in [9.17, 15) is 14.9 Å². The minimum atomic E-state index is -0.526. The third-order valence-corrected chi connectivity index (χ3v) is 4.16. The third-order valence-electron chi connectivity index (χ3n) is 4.16. The zero-order valence-electron chi connectivity index (χ0n) is 19.0. The molecule has 0 aromatic heterocycles. The van der Waals surface area contributed by atoms with Crippen LogP contribution in [0.4, 0.5) is 5.69 Å². The molecular weight excluding hydrogens is 374 g/mol. The average Bonchev–Trinajstić information content (AvgIpc) is 2.54. The van der Waals surface area contributed by atoms with Crippen molar-refractivity contribution in [1.82, 2.24) is 0 Å². The number of carbonyl (C=O) groups is 1. The lowest BCUT2D eigenvalue weighted by atomic mass is 9.82. The van der Waals surface area contributed by atoms with E-state index in [0.29, 0.717) is 23.5 Å². The van der Waals surface area contributed by atoms with Crippen LogP contribution in [0.15, 0.2) is 12.1 Å². The molecule has 29 heavy (non-hydrogen) atoms. The molecule has 0 saturated heterocycles. The summed E-state index contributed by atoms with van der Waals surface area (Å²) in [5, 5.41) is 11.6. The zero-order valence-corrected chi connectivity index (χ0v) is 19.0. The lowest BCUT2D eigenvalue weighted by Gasteiger charge is -2.24. The van der Waals surface area contributed by atoms with Crippen LogP contribution in [0.5, 0.6) is 11.5 Å². The number of ether oxygens (including phenoxy) is 3. The second kappa shape index (κ2) is 9.94. The van der Waals surface area contributed by atoms with Gasteiger partial charge in [0, 0.05) is 12.0 Å². The summed E-state index contributed by atoms with van der Waals surface area (Å²) < 4.78 is 16.4. The Kier molecular flexibility index (Phi) is 8.48. The van der Waals surface area contributed by atoms with Crippen molar-refractivity contribution in [2.45, 2.75) is 79.2 Å². The number of benzene rings is 1. The number of hydrogen-bond donors (Lipinski definition) is 0. The average molecular weight is 410 g/mol. The van der Waals surface area contributed by atoms with E-state index in [4.69, 9.17) is 14.2 Å². The van der Waals surface area contributed by atoms with Crippen LogP contribution < -0.4 is 9.47 Å². The highest BCUT2D eigenvalue weighted by atomic mass is 16.6. The predicted molar refractivity (Wildman–Crippen MR) is 113 cm³/mol. The van der Waals surface area contributed by atoms with Crippen molar-refractivity contribution in [2.75, 3.05) is 13.7 Å². The smallest absolute Gasteiger partial charge is 0.306 e. The molecule has 0 aliphatic heterocycles. The number of methoxy groups -OCH3 is 1. The van der Waals surface area contributed by atoms with Gasteiger partial charge >= 0.3 is 5.97 Å². The highest BCUT2D eigenvalue weighted by Gasteiger charge is 2.26. The number of nitrogens with zero attached hydrogens (tertiary/aromatic N) is 1. The van der Waals surface area contributed by atoms with Gasteiger partial charge < -0.3 is 14.2 Å². The Morgan fingerprint density at radius 2 is 1.76 bits per heavy atom. The molecule has 1 unspecified atom stereocenters. The second-order valence-corrected chi connectivity index (χ2v) is 9.52. The van der Waals surface area contributed by atoms with Crippen molar-refractivity contribution >= 4 is 11.7 Å². The van der Waals surface area contributed by atoms with E-state index in [1.165, 1.54) is 13.2 Å². The minimum absolute atomic E-state index is 0.00878. The van der Waals surface area contributed by atoms with E-state index in [2.05, 4.69) is 20.8 Å². The molecule has 0 amide bonds. The maximum absolute atomic E-state index is 11.8. The molecule has 0 heterocycles. The molecule has 0 aliphatic carbocycles. The maximum Gasteiger partial charge on any atom is 0.306 e. The van der Waals surface area contributed by atoms with E-state index < -0.39 is 5.60 Å². The molecule has 0 N–H and O–H groups in total. The topological polar surface area (TPSA) is 87.9 Å². The van der Waals surface area contributed by atoms with Crippen molar-refractivity contribution in [1.29, 1.82) is 0 Å². The lowest BCUT2D eigenvalue weighted by molar-refractivity contribution is -0.385. The fourth-order valence-electron chi connectivity index (χ4n) is 3.21. The summed E-state index contributed by atoms with van der Waals surface area (Å²) in [6.45, 7) is 14.0. The van der Waals surface area contributed by atoms with Gasteiger partial charge in [0.15, 0.2) is 11.5 Å². The summed E-state index contributed by atoms with van der Waals surface area (Å²) in [7, 11) is 1.51. The summed E-state index contributed by atoms with van der Waals surface area (Å²) in [6, 6.07) is 3.11. The molecule has 1 rings (SSSR count). The van der Waals surface area contributed by atoms with Crippen LogP contribution in [-0.4, -0.2) is 30.2 Å². The van der Waals surface area contributed by atoms with Gasteiger partial charge in [-0.15, -0.1) is 0 Å². The van der Waals surface area contributed by atoms with E-state index in [1.54, 1.807) is 6.07 Å². The van der Waals surface area contributed by atoms with Crippen molar-refractivity contribution in [2.24, 2.45) is 5.41 Å². The molecule has 1 aromatic rings. The number of hydrogen-bond acceptors (Lipinski definition) is 6. The first-order valence-corrected chi connectivity index (χ1v) is 9.94. The molecule has 1 aromatic carbocycles. The van der Waals surface area contributed by atoms with Crippen molar-refractivity contribution in [3.05, 3.63) is 27.8 Å².